The van der Waals surface area contributed by atoms with E-state index in [2.05, 4.69) is 59.1 Å². The fraction of sp³-hybridized carbons (Fsp3) is 0.286. The molecule has 3 aromatic carbocycles. The molecule has 0 saturated carbocycles. The molecule has 1 N–H and O–H groups in total. The van der Waals surface area contributed by atoms with E-state index in [1.165, 1.54) is 22.0 Å². The lowest BCUT2D eigenvalue weighted by Crippen LogP contribution is -2.38. The number of ether oxygens (including phenoxy) is 2. The Bertz CT molecular complexity index is 1260. The van der Waals surface area contributed by atoms with Crippen LogP contribution in [0.15, 0.2) is 72.9 Å². The van der Waals surface area contributed by atoms with Gasteiger partial charge >= 0.3 is 0 Å². The first-order valence-corrected chi connectivity index (χ1v) is 11.4. The van der Waals surface area contributed by atoms with Crippen LogP contribution in [0.2, 0.25) is 0 Å². The highest BCUT2D eigenvalue weighted by Crippen LogP contribution is 2.29. The molecule has 0 bridgehead atoms. The zero-order chi connectivity index (χ0) is 22.8. The smallest absolute Gasteiger partial charge is 0.122 e. The molecule has 0 spiro atoms. The summed E-state index contributed by atoms with van der Waals surface area (Å²) < 4.78 is 13.6. The van der Waals surface area contributed by atoms with Crippen molar-refractivity contribution < 1.29 is 14.6 Å². The first kappa shape index (κ1) is 21.6. The molecule has 0 amide bonds. The van der Waals surface area contributed by atoms with E-state index in [9.17, 15) is 5.11 Å². The molecule has 4 aromatic rings. The zero-order valence-corrected chi connectivity index (χ0v) is 19.2. The molecule has 0 radical (unpaired) electrons. The second kappa shape index (κ2) is 9.30. The maximum absolute atomic E-state index is 10.6. The predicted molar refractivity (Wildman–Crippen MR) is 132 cm³/mol. The van der Waals surface area contributed by atoms with Gasteiger partial charge in [0.05, 0.1) is 7.11 Å². The molecule has 5 nitrogen and oxygen atoms in total. The van der Waals surface area contributed by atoms with Crippen molar-refractivity contribution in [3.63, 3.8) is 0 Å². The maximum Gasteiger partial charge on any atom is 0.122 e. The predicted octanol–water partition coefficient (Wildman–Crippen LogP) is 4.65. The van der Waals surface area contributed by atoms with Crippen LogP contribution in [0.25, 0.3) is 22.0 Å². The number of rotatable bonds is 7. The van der Waals surface area contributed by atoms with Crippen molar-refractivity contribution >= 4 is 10.9 Å². The van der Waals surface area contributed by atoms with Gasteiger partial charge in [0.2, 0.25) is 0 Å². The van der Waals surface area contributed by atoms with Gasteiger partial charge in [0, 0.05) is 38.4 Å². The molecule has 2 heterocycles. The van der Waals surface area contributed by atoms with Gasteiger partial charge in [0.1, 0.15) is 24.2 Å². The standard InChI is InChI=1S/C28H30N2O3/c1-29-13-11-20-9-10-22(16-27(20)29)21-5-3-7-25(15-21)33-19-24(31)18-30-14-12-26-23(17-30)6-4-8-28(26)32-2/h3-11,13,15-16,24,31H,12,14,17-19H2,1-2H3. The fourth-order valence-corrected chi connectivity index (χ4v) is 4.73. The average Bonchev–Trinajstić information content (AvgIpc) is 3.22. The largest absolute Gasteiger partial charge is 0.496 e. The monoisotopic (exact) mass is 442 g/mol. The van der Waals surface area contributed by atoms with Crippen LogP contribution in [0.3, 0.4) is 0 Å². The second-order valence-electron chi connectivity index (χ2n) is 8.78. The Labute approximate surface area is 194 Å². The van der Waals surface area contributed by atoms with Crippen LogP contribution in [-0.4, -0.2) is 47.5 Å². The van der Waals surface area contributed by atoms with Crippen LogP contribution in [-0.2, 0) is 20.0 Å². The number of aromatic nitrogens is 1. The van der Waals surface area contributed by atoms with Crippen molar-refractivity contribution in [2.24, 2.45) is 7.05 Å². The number of methoxy groups -OCH3 is 1. The van der Waals surface area contributed by atoms with Gasteiger partial charge in [0.15, 0.2) is 0 Å². The summed E-state index contributed by atoms with van der Waals surface area (Å²) in [6, 6.07) is 22.9. The summed E-state index contributed by atoms with van der Waals surface area (Å²) in [6.07, 6.45) is 2.45. The van der Waals surface area contributed by atoms with Crippen molar-refractivity contribution in [3.05, 3.63) is 84.1 Å². The van der Waals surface area contributed by atoms with Crippen LogP contribution in [0.5, 0.6) is 11.5 Å². The van der Waals surface area contributed by atoms with Gasteiger partial charge in [-0.2, -0.15) is 0 Å². The van der Waals surface area contributed by atoms with Crippen molar-refractivity contribution in [1.82, 2.24) is 9.47 Å². The lowest BCUT2D eigenvalue weighted by Gasteiger charge is -2.31. The van der Waals surface area contributed by atoms with Crippen LogP contribution >= 0.6 is 0 Å². The summed E-state index contributed by atoms with van der Waals surface area (Å²) in [4.78, 5) is 2.28. The van der Waals surface area contributed by atoms with Gasteiger partial charge in [-0.05, 0) is 64.4 Å². The molecule has 1 aromatic heterocycles. The number of aryl methyl sites for hydroxylation is 1. The first-order valence-electron chi connectivity index (χ1n) is 11.4. The highest BCUT2D eigenvalue weighted by Gasteiger charge is 2.21. The van der Waals surface area contributed by atoms with Gasteiger partial charge in [-0.1, -0.05) is 36.4 Å². The molecular formula is C28H30N2O3. The van der Waals surface area contributed by atoms with Crippen molar-refractivity contribution in [3.8, 4) is 22.6 Å². The molecular weight excluding hydrogens is 412 g/mol. The Morgan fingerprint density at radius 3 is 2.73 bits per heavy atom. The number of fused-ring (bicyclic) bond motifs is 2. The molecule has 170 valence electrons. The highest BCUT2D eigenvalue weighted by atomic mass is 16.5. The van der Waals surface area contributed by atoms with Crippen LogP contribution in [0.1, 0.15) is 11.1 Å². The average molecular weight is 443 g/mol. The molecule has 1 atom stereocenters. The minimum Gasteiger partial charge on any atom is -0.496 e. The molecule has 0 saturated heterocycles. The van der Waals surface area contributed by atoms with Gasteiger partial charge in [-0.15, -0.1) is 0 Å². The molecule has 0 fully saturated rings. The number of nitrogens with zero attached hydrogens (tertiary/aromatic N) is 2. The number of hydrogen-bond acceptors (Lipinski definition) is 4. The Balaban J connectivity index is 1.20. The fourth-order valence-electron chi connectivity index (χ4n) is 4.73. The van der Waals surface area contributed by atoms with Crippen molar-refractivity contribution in [1.29, 1.82) is 0 Å². The molecule has 0 aliphatic carbocycles. The van der Waals surface area contributed by atoms with Crippen molar-refractivity contribution in [2.75, 3.05) is 26.8 Å². The molecule has 5 rings (SSSR count). The Morgan fingerprint density at radius 1 is 1.00 bits per heavy atom. The number of hydrogen-bond donors (Lipinski definition) is 1. The second-order valence-corrected chi connectivity index (χ2v) is 8.78. The van der Waals surface area contributed by atoms with Crippen LogP contribution in [0, 0.1) is 0 Å². The Morgan fingerprint density at radius 2 is 1.85 bits per heavy atom. The van der Waals surface area contributed by atoms with Gasteiger partial charge in [0.25, 0.3) is 0 Å². The topological polar surface area (TPSA) is 46.9 Å². The normalized spacial score (nSPS) is 14.8. The number of aliphatic hydroxyl groups excluding tert-OH is 1. The van der Waals surface area contributed by atoms with Gasteiger partial charge < -0.3 is 19.1 Å². The summed E-state index contributed by atoms with van der Waals surface area (Å²) in [5.74, 6) is 1.73. The minimum atomic E-state index is -0.555. The lowest BCUT2D eigenvalue weighted by atomic mass is 9.98. The number of benzene rings is 3. The quantitative estimate of drug-likeness (QED) is 0.453. The lowest BCUT2D eigenvalue weighted by molar-refractivity contribution is 0.0636. The summed E-state index contributed by atoms with van der Waals surface area (Å²) in [6.45, 7) is 2.57. The third-order valence-electron chi connectivity index (χ3n) is 6.49. The maximum atomic E-state index is 10.6. The van der Waals surface area contributed by atoms with E-state index < -0.39 is 6.10 Å². The van der Waals surface area contributed by atoms with Gasteiger partial charge in [-0.25, -0.2) is 0 Å². The molecule has 1 aliphatic rings. The summed E-state index contributed by atoms with van der Waals surface area (Å²) in [5.41, 5.74) is 6.02. The van der Waals surface area contributed by atoms with E-state index in [0.717, 1.165) is 42.1 Å². The summed E-state index contributed by atoms with van der Waals surface area (Å²) in [7, 11) is 3.78. The molecule has 5 heteroatoms. The van der Waals surface area contributed by atoms with E-state index in [-0.39, 0.29) is 6.61 Å². The molecule has 1 unspecified atom stereocenters. The third kappa shape index (κ3) is 4.61. The van der Waals surface area contributed by atoms with E-state index >= 15 is 0 Å². The summed E-state index contributed by atoms with van der Waals surface area (Å²) >= 11 is 0. The van der Waals surface area contributed by atoms with E-state index in [0.29, 0.717) is 6.54 Å². The summed E-state index contributed by atoms with van der Waals surface area (Å²) in [5, 5.41) is 11.9. The molecule has 1 aliphatic heterocycles. The van der Waals surface area contributed by atoms with Crippen LogP contribution < -0.4 is 9.47 Å². The Hall–Kier alpha value is -3.28. The molecule has 33 heavy (non-hydrogen) atoms. The number of aliphatic hydroxyl groups is 1. The Kier molecular flexibility index (Phi) is 6.07. The van der Waals surface area contributed by atoms with Crippen molar-refractivity contribution in [2.45, 2.75) is 19.1 Å². The van der Waals surface area contributed by atoms with Crippen LogP contribution in [0.4, 0.5) is 0 Å². The van der Waals surface area contributed by atoms with E-state index in [1.807, 2.05) is 30.3 Å². The first-order chi connectivity index (χ1) is 16.1. The van der Waals surface area contributed by atoms with Gasteiger partial charge in [-0.3, -0.25) is 4.90 Å². The zero-order valence-electron chi connectivity index (χ0n) is 19.2. The highest BCUT2D eigenvalue weighted by molar-refractivity contribution is 5.85. The van der Waals surface area contributed by atoms with E-state index in [1.54, 1.807) is 7.11 Å². The third-order valence-corrected chi connectivity index (χ3v) is 6.49. The number of β-amino-alcohol motifs (C(OH)–C–C–N with tert-alkyl or cyclic N) is 1. The minimum absolute atomic E-state index is 0.266. The van der Waals surface area contributed by atoms with E-state index in [4.69, 9.17) is 9.47 Å². The SMILES string of the molecule is COc1cccc2c1CCN(CC(O)COc1cccc(-c3ccc4ccn(C)c4c3)c1)C2.